The number of aromatic amines is 1. The predicted molar refractivity (Wildman–Crippen MR) is 119 cm³/mol. The van der Waals surface area contributed by atoms with Gasteiger partial charge < -0.3 is 30.2 Å². The molecule has 0 saturated heterocycles. The van der Waals surface area contributed by atoms with Crippen molar-refractivity contribution >= 4 is 23.1 Å². The van der Waals surface area contributed by atoms with Gasteiger partial charge in [0, 0.05) is 28.9 Å². The number of nitrogens with one attached hydrogen (secondary N) is 1. The number of hydrogen-bond donors (Lipinski definition) is 5. The molecule has 2 heterocycles. The summed E-state index contributed by atoms with van der Waals surface area (Å²) in [4.78, 5) is 8.14. The number of fused-ring (bicyclic) bond motifs is 1. The summed E-state index contributed by atoms with van der Waals surface area (Å²) in [7, 11) is 0. The van der Waals surface area contributed by atoms with Crippen molar-refractivity contribution in [3.63, 3.8) is 0 Å². The third-order valence-corrected chi connectivity index (χ3v) is 5.84. The van der Waals surface area contributed by atoms with Gasteiger partial charge in [-0.05, 0) is 67.9 Å². The molecule has 0 amide bonds. The second kappa shape index (κ2) is 7.77. The monoisotopic (exact) mass is 441 g/mol. The van der Waals surface area contributed by atoms with E-state index < -0.39 is 6.48 Å². The molecule has 31 heavy (non-hydrogen) atoms. The SMILES string of the molecule is CCc1cc(-c2c[nH]c(=S)n2-c2ccc3c(c2)c(C)c(C)n3OC(O)O)c(O)cc1O. The van der Waals surface area contributed by atoms with Gasteiger partial charge in [0.25, 0.3) is 0 Å². The van der Waals surface area contributed by atoms with Crippen LogP contribution in [0.25, 0.3) is 27.8 Å². The normalized spacial score (nSPS) is 11.5. The molecule has 2 aromatic heterocycles. The Balaban J connectivity index is 1.92. The second-order valence-corrected chi connectivity index (χ2v) is 7.69. The molecule has 0 aliphatic heterocycles. The smallest absolute Gasteiger partial charge is 0.332 e. The van der Waals surface area contributed by atoms with Gasteiger partial charge in [0.05, 0.1) is 16.9 Å². The van der Waals surface area contributed by atoms with Crippen LogP contribution in [0.4, 0.5) is 0 Å². The molecule has 0 radical (unpaired) electrons. The first kappa shape index (κ1) is 21.0. The standard InChI is InChI=1S/C22H23N3O5S/c1-4-13-7-16(20(27)9-19(13)26)18-10-23-21(31)24(18)14-5-6-17-15(8-14)11(2)12(3)25(17)30-22(28)29/h5-10,22,26-29H,4H2,1-3H3,(H,23,31). The minimum Gasteiger partial charge on any atom is -0.508 e. The molecule has 0 atom stereocenters. The summed E-state index contributed by atoms with van der Waals surface area (Å²) < 4.78 is 3.62. The van der Waals surface area contributed by atoms with Gasteiger partial charge in [-0.1, -0.05) is 6.92 Å². The van der Waals surface area contributed by atoms with Crippen molar-refractivity contribution in [3.8, 4) is 28.4 Å². The largest absolute Gasteiger partial charge is 0.508 e. The maximum absolute atomic E-state index is 10.5. The Bertz CT molecular complexity index is 1350. The van der Waals surface area contributed by atoms with Crippen LogP contribution in [0, 0.1) is 18.6 Å². The van der Waals surface area contributed by atoms with Crippen LogP contribution in [0.5, 0.6) is 11.5 Å². The zero-order valence-corrected chi connectivity index (χ0v) is 18.1. The van der Waals surface area contributed by atoms with Crippen molar-refractivity contribution in [1.29, 1.82) is 0 Å². The number of aromatic nitrogens is 3. The Morgan fingerprint density at radius 3 is 2.52 bits per heavy atom. The minimum absolute atomic E-state index is 0.0457. The molecule has 0 bridgehead atoms. The molecule has 0 aliphatic carbocycles. The molecule has 0 fully saturated rings. The predicted octanol–water partition coefficient (Wildman–Crippen LogP) is 3.44. The van der Waals surface area contributed by atoms with Crippen molar-refractivity contribution in [3.05, 3.63) is 58.1 Å². The second-order valence-electron chi connectivity index (χ2n) is 7.30. The first-order valence-corrected chi connectivity index (χ1v) is 10.1. The van der Waals surface area contributed by atoms with Crippen molar-refractivity contribution in [2.75, 3.05) is 0 Å². The fourth-order valence-electron chi connectivity index (χ4n) is 3.83. The van der Waals surface area contributed by atoms with E-state index in [1.807, 2.05) is 32.9 Å². The Hall–Kier alpha value is -3.27. The summed E-state index contributed by atoms with van der Waals surface area (Å²) in [5.74, 6) is -0.00796. The molecule has 4 rings (SSSR count). The van der Waals surface area contributed by atoms with Gasteiger partial charge in [-0.25, -0.2) is 0 Å². The fraction of sp³-hybridized carbons (Fsp3) is 0.227. The topological polar surface area (TPSA) is 116 Å². The number of nitrogens with zero attached hydrogens (tertiary/aromatic N) is 2. The lowest BCUT2D eigenvalue weighted by molar-refractivity contribution is -0.232. The van der Waals surface area contributed by atoms with Crippen molar-refractivity contribution in [2.24, 2.45) is 0 Å². The minimum atomic E-state index is -1.94. The van der Waals surface area contributed by atoms with Crippen LogP contribution in [-0.2, 0) is 6.42 Å². The van der Waals surface area contributed by atoms with Crippen LogP contribution >= 0.6 is 12.2 Å². The number of imidazole rings is 1. The fourth-order valence-corrected chi connectivity index (χ4v) is 4.09. The van der Waals surface area contributed by atoms with Gasteiger partial charge in [0.2, 0.25) is 0 Å². The Labute approximate surface area is 183 Å². The molecule has 0 aliphatic rings. The maximum Gasteiger partial charge on any atom is 0.332 e. The zero-order valence-electron chi connectivity index (χ0n) is 17.2. The van der Waals surface area contributed by atoms with E-state index in [1.165, 1.54) is 10.8 Å². The van der Waals surface area contributed by atoms with Crippen LogP contribution < -0.4 is 4.84 Å². The van der Waals surface area contributed by atoms with Crippen LogP contribution in [0.3, 0.4) is 0 Å². The molecule has 2 aromatic carbocycles. The van der Waals surface area contributed by atoms with Gasteiger partial charge in [0.15, 0.2) is 4.77 Å². The highest BCUT2D eigenvalue weighted by Crippen LogP contribution is 2.37. The van der Waals surface area contributed by atoms with Gasteiger partial charge in [-0.2, -0.15) is 4.73 Å². The average molecular weight is 442 g/mol. The Kier molecular flexibility index (Phi) is 5.26. The quantitative estimate of drug-likeness (QED) is 0.239. The van der Waals surface area contributed by atoms with Crippen LogP contribution in [0.1, 0.15) is 23.7 Å². The van der Waals surface area contributed by atoms with E-state index >= 15 is 0 Å². The highest BCUT2D eigenvalue weighted by molar-refractivity contribution is 7.71. The Morgan fingerprint density at radius 1 is 1.10 bits per heavy atom. The summed E-state index contributed by atoms with van der Waals surface area (Å²) in [5, 5.41) is 39.9. The van der Waals surface area contributed by atoms with Gasteiger partial charge in [-0.3, -0.25) is 4.57 Å². The molecule has 4 aromatic rings. The number of benzene rings is 2. The van der Waals surface area contributed by atoms with E-state index in [-0.39, 0.29) is 11.5 Å². The van der Waals surface area contributed by atoms with Crippen molar-refractivity contribution in [2.45, 2.75) is 33.7 Å². The zero-order chi connectivity index (χ0) is 22.4. The van der Waals surface area contributed by atoms with E-state index in [0.29, 0.717) is 33.5 Å². The number of aryl methyl sites for hydroxylation is 2. The third-order valence-electron chi connectivity index (χ3n) is 5.54. The summed E-state index contributed by atoms with van der Waals surface area (Å²) in [6, 6.07) is 8.64. The number of phenols is 2. The summed E-state index contributed by atoms with van der Waals surface area (Å²) in [6.45, 7) is 3.73. The molecular formula is C22H23N3O5S. The number of aromatic hydroxyl groups is 2. The molecular weight excluding hydrogens is 418 g/mol. The molecule has 0 unspecified atom stereocenters. The molecule has 0 saturated carbocycles. The maximum atomic E-state index is 10.5. The van der Waals surface area contributed by atoms with Crippen LogP contribution in [0.2, 0.25) is 0 Å². The molecule has 5 N–H and O–H groups in total. The number of hydrogen-bond acceptors (Lipinski definition) is 6. The number of aliphatic hydroxyl groups excluding tert-OH is 1. The summed E-state index contributed by atoms with van der Waals surface area (Å²) >= 11 is 5.51. The van der Waals surface area contributed by atoms with E-state index in [0.717, 1.165) is 22.3 Å². The lowest BCUT2D eigenvalue weighted by Crippen LogP contribution is -2.24. The summed E-state index contributed by atoms with van der Waals surface area (Å²) in [6.07, 6.45) is 2.32. The highest BCUT2D eigenvalue weighted by Gasteiger charge is 2.18. The number of aliphatic hydroxyl groups is 2. The molecule has 8 nitrogen and oxygen atoms in total. The lowest BCUT2D eigenvalue weighted by atomic mass is 10.0. The molecule has 0 spiro atoms. The van der Waals surface area contributed by atoms with Crippen LogP contribution in [-0.4, -0.2) is 41.2 Å². The van der Waals surface area contributed by atoms with Crippen LogP contribution in [0.15, 0.2) is 36.5 Å². The van der Waals surface area contributed by atoms with Gasteiger partial charge >= 0.3 is 6.48 Å². The van der Waals surface area contributed by atoms with Gasteiger partial charge in [-0.15, -0.1) is 0 Å². The first-order chi connectivity index (χ1) is 14.7. The highest BCUT2D eigenvalue weighted by atomic mass is 32.1. The number of rotatable bonds is 5. The van der Waals surface area contributed by atoms with E-state index in [2.05, 4.69) is 4.98 Å². The van der Waals surface area contributed by atoms with Gasteiger partial charge in [0.1, 0.15) is 11.5 Å². The van der Waals surface area contributed by atoms with E-state index in [4.69, 9.17) is 17.1 Å². The first-order valence-electron chi connectivity index (χ1n) is 9.73. The summed E-state index contributed by atoms with van der Waals surface area (Å²) in [5.41, 5.74) is 4.99. The van der Waals surface area contributed by atoms with E-state index in [9.17, 15) is 20.4 Å². The van der Waals surface area contributed by atoms with Crippen molar-refractivity contribution in [1.82, 2.24) is 14.3 Å². The van der Waals surface area contributed by atoms with Crippen molar-refractivity contribution < 1.29 is 25.3 Å². The molecule has 9 heteroatoms. The molecule has 162 valence electrons. The average Bonchev–Trinajstić information content (AvgIpc) is 3.21. The lowest BCUT2D eigenvalue weighted by Gasteiger charge is -2.13. The number of phenolic OH excluding ortho intramolecular Hbond substituents is 2. The third kappa shape index (κ3) is 3.46. The number of H-pyrrole nitrogens is 1. The Morgan fingerprint density at radius 2 is 1.84 bits per heavy atom. The van der Waals surface area contributed by atoms with E-state index in [1.54, 1.807) is 22.9 Å².